The molecule has 69 valence electrons. The van der Waals surface area contributed by atoms with Crippen molar-refractivity contribution in [2.24, 2.45) is 0 Å². The lowest BCUT2D eigenvalue weighted by Gasteiger charge is -2.08. The molecule has 1 rings (SSSR count). The fourth-order valence-corrected chi connectivity index (χ4v) is 1.21. The quantitative estimate of drug-likeness (QED) is 0.624. The Morgan fingerprint density at radius 1 is 1.31 bits per heavy atom. The molecule has 1 radical (unpaired) electrons. The number of rotatable bonds is 5. The van der Waals surface area contributed by atoms with E-state index in [9.17, 15) is 4.79 Å². The van der Waals surface area contributed by atoms with Crippen LogP contribution >= 0.6 is 0 Å². The first kappa shape index (κ1) is 9.78. The maximum atomic E-state index is 10.1. The second-order valence-corrected chi connectivity index (χ2v) is 3.10. The maximum Gasteiger partial charge on any atom is 0.311 e. The molecular weight excluding hydrogens is 162 g/mol. The van der Waals surface area contributed by atoms with Crippen LogP contribution in [-0.2, 0) is 11.2 Å². The molecule has 13 heavy (non-hydrogen) atoms. The molecule has 0 saturated carbocycles. The highest BCUT2D eigenvalue weighted by Crippen LogP contribution is 2.02. The minimum Gasteiger partial charge on any atom is -0.337 e. The van der Waals surface area contributed by atoms with E-state index in [0.717, 1.165) is 19.4 Å². The van der Waals surface area contributed by atoms with Gasteiger partial charge in [0.15, 0.2) is 0 Å². The Kier molecular flexibility index (Phi) is 4.03. The third-order valence-electron chi connectivity index (χ3n) is 1.96. The van der Waals surface area contributed by atoms with Gasteiger partial charge in [0.2, 0.25) is 0 Å². The van der Waals surface area contributed by atoms with Crippen LogP contribution in [0.5, 0.6) is 0 Å². The van der Waals surface area contributed by atoms with Crippen LogP contribution < -0.4 is 0 Å². The molecule has 0 aromatic heterocycles. The molecule has 0 spiro atoms. The van der Waals surface area contributed by atoms with Gasteiger partial charge in [-0.2, -0.15) is 0 Å². The predicted octanol–water partition coefficient (Wildman–Crippen LogP) is 1.62. The van der Waals surface area contributed by atoms with E-state index >= 15 is 0 Å². The largest absolute Gasteiger partial charge is 0.337 e. The minimum atomic E-state index is 0.776. The number of benzene rings is 1. The van der Waals surface area contributed by atoms with Crippen molar-refractivity contribution >= 4 is 6.41 Å². The van der Waals surface area contributed by atoms with E-state index in [-0.39, 0.29) is 0 Å². The number of nitrogens with zero attached hydrogens (tertiary/aromatic N) is 1. The van der Waals surface area contributed by atoms with E-state index in [1.54, 1.807) is 11.9 Å². The average molecular weight is 176 g/mol. The molecule has 1 amide bonds. The van der Waals surface area contributed by atoms with Crippen LogP contribution in [0.1, 0.15) is 12.0 Å². The molecule has 2 heteroatoms. The Balaban J connectivity index is 2.24. The molecular formula is C11H14NO. The number of hydrogen-bond donors (Lipinski definition) is 0. The van der Waals surface area contributed by atoms with Gasteiger partial charge in [-0.1, -0.05) is 30.3 Å². The lowest BCUT2D eigenvalue weighted by atomic mass is 10.1. The summed E-state index contributed by atoms with van der Waals surface area (Å²) in [5.41, 5.74) is 1.32. The minimum absolute atomic E-state index is 0.776. The first-order chi connectivity index (χ1) is 6.33. The zero-order valence-corrected chi connectivity index (χ0v) is 7.86. The van der Waals surface area contributed by atoms with Gasteiger partial charge in [-0.25, -0.2) is 0 Å². The third kappa shape index (κ3) is 3.74. The molecule has 0 aliphatic rings. The summed E-state index contributed by atoms with van der Waals surface area (Å²) in [6.45, 7) is 0.776. The van der Waals surface area contributed by atoms with Crippen LogP contribution in [0, 0.1) is 0 Å². The monoisotopic (exact) mass is 176 g/mol. The van der Waals surface area contributed by atoms with Crippen molar-refractivity contribution < 1.29 is 4.79 Å². The predicted molar refractivity (Wildman–Crippen MR) is 53.1 cm³/mol. The first-order valence-corrected chi connectivity index (χ1v) is 4.46. The second-order valence-electron chi connectivity index (χ2n) is 3.10. The number of hydrogen-bond acceptors (Lipinski definition) is 1. The lowest BCUT2D eigenvalue weighted by molar-refractivity contribution is 0.427. The number of amides is 1. The summed E-state index contributed by atoms with van der Waals surface area (Å²) >= 11 is 0. The van der Waals surface area contributed by atoms with Gasteiger partial charge in [0.25, 0.3) is 0 Å². The molecule has 2 nitrogen and oxygen atoms in total. The molecule has 0 bridgehead atoms. The smallest absolute Gasteiger partial charge is 0.311 e. The zero-order valence-electron chi connectivity index (χ0n) is 7.86. The van der Waals surface area contributed by atoms with Crippen LogP contribution in [0.25, 0.3) is 0 Å². The van der Waals surface area contributed by atoms with Gasteiger partial charge in [0.1, 0.15) is 0 Å². The summed E-state index contributed by atoms with van der Waals surface area (Å²) in [5, 5.41) is 0. The van der Waals surface area contributed by atoms with Gasteiger partial charge in [-0.3, -0.25) is 4.79 Å². The van der Waals surface area contributed by atoms with Gasteiger partial charge in [0, 0.05) is 13.6 Å². The molecule has 0 aliphatic carbocycles. The van der Waals surface area contributed by atoms with Gasteiger partial charge in [-0.15, -0.1) is 0 Å². The second kappa shape index (κ2) is 5.36. The Hall–Kier alpha value is -1.31. The van der Waals surface area contributed by atoms with Crippen LogP contribution in [0.15, 0.2) is 30.3 Å². The van der Waals surface area contributed by atoms with Gasteiger partial charge < -0.3 is 4.90 Å². The third-order valence-corrected chi connectivity index (χ3v) is 1.96. The molecule has 0 aliphatic heterocycles. The molecule has 0 heterocycles. The standard InChI is InChI=1S/C11H14NO/c1-12(10-13)9-5-8-11-6-3-2-4-7-11/h2-4,6-7H,5,8-9H2,1H3. The van der Waals surface area contributed by atoms with Crippen molar-refractivity contribution in [2.45, 2.75) is 12.8 Å². The highest BCUT2D eigenvalue weighted by atomic mass is 16.1. The molecule has 0 fully saturated rings. The Labute approximate surface area is 79.2 Å². The highest BCUT2D eigenvalue weighted by Gasteiger charge is 1.95. The summed E-state index contributed by atoms with van der Waals surface area (Å²) in [6, 6.07) is 10.3. The number of aryl methyl sites for hydroxylation is 1. The van der Waals surface area contributed by atoms with Crippen molar-refractivity contribution in [3.05, 3.63) is 35.9 Å². The number of carbonyl (C=O) groups excluding carboxylic acids is 1. The van der Waals surface area contributed by atoms with Gasteiger partial charge >= 0.3 is 6.41 Å². The van der Waals surface area contributed by atoms with E-state index < -0.39 is 0 Å². The summed E-state index contributed by atoms with van der Waals surface area (Å²) in [5.74, 6) is 0. The normalized spacial score (nSPS) is 9.62. The van der Waals surface area contributed by atoms with Crippen LogP contribution in [0.2, 0.25) is 0 Å². The first-order valence-electron chi connectivity index (χ1n) is 4.46. The topological polar surface area (TPSA) is 20.3 Å². The van der Waals surface area contributed by atoms with E-state index in [1.807, 2.05) is 24.6 Å². The highest BCUT2D eigenvalue weighted by molar-refractivity contribution is 5.47. The molecule has 0 unspecified atom stereocenters. The van der Waals surface area contributed by atoms with E-state index in [1.165, 1.54) is 5.56 Å². The molecule has 1 aromatic carbocycles. The zero-order chi connectivity index (χ0) is 9.52. The molecule has 1 aromatic rings. The van der Waals surface area contributed by atoms with Crippen LogP contribution in [0.4, 0.5) is 0 Å². The maximum absolute atomic E-state index is 10.1. The van der Waals surface area contributed by atoms with E-state index in [2.05, 4.69) is 12.1 Å². The molecule has 0 N–H and O–H groups in total. The van der Waals surface area contributed by atoms with Crippen LogP contribution in [-0.4, -0.2) is 24.9 Å². The summed E-state index contributed by atoms with van der Waals surface area (Å²) in [4.78, 5) is 11.7. The Morgan fingerprint density at radius 2 is 2.00 bits per heavy atom. The summed E-state index contributed by atoms with van der Waals surface area (Å²) in [7, 11) is 1.75. The van der Waals surface area contributed by atoms with Gasteiger partial charge in [0.05, 0.1) is 0 Å². The average Bonchev–Trinajstić information content (AvgIpc) is 2.19. The van der Waals surface area contributed by atoms with E-state index in [0.29, 0.717) is 0 Å². The Morgan fingerprint density at radius 3 is 2.62 bits per heavy atom. The summed E-state index contributed by atoms with van der Waals surface area (Å²) < 4.78 is 0. The van der Waals surface area contributed by atoms with Crippen molar-refractivity contribution in [3.63, 3.8) is 0 Å². The van der Waals surface area contributed by atoms with Crippen molar-refractivity contribution in [1.29, 1.82) is 0 Å². The van der Waals surface area contributed by atoms with Crippen molar-refractivity contribution in [2.75, 3.05) is 13.6 Å². The molecule has 0 atom stereocenters. The van der Waals surface area contributed by atoms with E-state index in [4.69, 9.17) is 0 Å². The van der Waals surface area contributed by atoms with Crippen molar-refractivity contribution in [1.82, 2.24) is 4.90 Å². The van der Waals surface area contributed by atoms with Crippen LogP contribution in [0.3, 0.4) is 0 Å². The van der Waals surface area contributed by atoms with Crippen molar-refractivity contribution in [3.8, 4) is 0 Å². The Bertz CT molecular complexity index is 246. The summed E-state index contributed by atoms with van der Waals surface area (Å²) in [6.07, 6.45) is 3.85. The van der Waals surface area contributed by atoms with Gasteiger partial charge in [-0.05, 0) is 18.4 Å². The molecule has 0 saturated heterocycles. The SMILES string of the molecule is CN([C]=O)CCCc1ccccc1. The fourth-order valence-electron chi connectivity index (χ4n) is 1.21. The lowest BCUT2D eigenvalue weighted by Crippen LogP contribution is -2.17. The fraction of sp³-hybridized carbons (Fsp3) is 0.364.